The predicted octanol–water partition coefficient (Wildman–Crippen LogP) is 1.22. The maximum absolute atomic E-state index is 12.5. The fourth-order valence-corrected chi connectivity index (χ4v) is 2.11. The largest absolute Gasteiger partial charge is 0.497 e. The van der Waals surface area contributed by atoms with Crippen LogP contribution in [0.15, 0.2) is 18.2 Å². The molecule has 5 nitrogen and oxygen atoms in total. The summed E-state index contributed by atoms with van der Waals surface area (Å²) in [5.41, 5.74) is 0.531. The number of nitrogens with zero attached hydrogens (tertiary/aromatic N) is 1. The van der Waals surface area contributed by atoms with Gasteiger partial charge in [0, 0.05) is 19.2 Å². The first kappa shape index (κ1) is 13.8. The second-order valence-corrected chi connectivity index (χ2v) is 4.55. The van der Waals surface area contributed by atoms with E-state index in [2.05, 4.69) is 4.90 Å². The number of morpholine rings is 1. The number of carbonyl (C=O) groups excluding carboxylic acids is 1. The molecular weight excluding hydrogens is 246 g/mol. The van der Waals surface area contributed by atoms with Gasteiger partial charge in [-0.1, -0.05) is 0 Å². The Labute approximate surface area is 113 Å². The highest BCUT2D eigenvalue weighted by Gasteiger charge is 2.27. The molecule has 2 rings (SSSR count). The SMILES string of the molecule is COc1ccc(C(=O)C2CN(C)CCO2)c(OC)c1. The van der Waals surface area contributed by atoms with E-state index >= 15 is 0 Å². The predicted molar refractivity (Wildman–Crippen MR) is 71.1 cm³/mol. The molecule has 19 heavy (non-hydrogen) atoms. The Morgan fingerprint density at radius 2 is 2.16 bits per heavy atom. The van der Waals surface area contributed by atoms with Crippen LogP contribution in [0.3, 0.4) is 0 Å². The van der Waals surface area contributed by atoms with Gasteiger partial charge >= 0.3 is 0 Å². The van der Waals surface area contributed by atoms with Crippen LogP contribution in [0.2, 0.25) is 0 Å². The van der Waals surface area contributed by atoms with Crippen molar-refractivity contribution in [2.75, 3.05) is 41.0 Å². The first-order valence-electron chi connectivity index (χ1n) is 6.22. The smallest absolute Gasteiger partial charge is 0.196 e. The van der Waals surface area contributed by atoms with E-state index in [9.17, 15) is 4.79 Å². The van der Waals surface area contributed by atoms with Crippen molar-refractivity contribution in [2.24, 2.45) is 0 Å². The fraction of sp³-hybridized carbons (Fsp3) is 0.500. The molecule has 0 N–H and O–H groups in total. The van der Waals surface area contributed by atoms with Gasteiger partial charge < -0.3 is 19.1 Å². The minimum atomic E-state index is -0.430. The lowest BCUT2D eigenvalue weighted by molar-refractivity contribution is -0.00875. The van der Waals surface area contributed by atoms with Crippen molar-refractivity contribution < 1.29 is 19.0 Å². The topological polar surface area (TPSA) is 48.0 Å². The Hall–Kier alpha value is -1.59. The summed E-state index contributed by atoms with van der Waals surface area (Å²) < 4.78 is 15.9. The van der Waals surface area contributed by atoms with E-state index in [1.165, 1.54) is 0 Å². The van der Waals surface area contributed by atoms with E-state index in [0.29, 0.717) is 30.2 Å². The molecule has 1 unspecified atom stereocenters. The Morgan fingerprint density at radius 3 is 2.79 bits per heavy atom. The summed E-state index contributed by atoms with van der Waals surface area (Å²) >= 11 is 0. The van der Waals surface area contributed by atoms with Crippen LogP contribution >= 0.6 is 0 Å². The summed E-state index contributed by atoms with van der Waals surface area (Å²) in [6.07, 6.45) is -0.430. The normalized spacial score (nSPS) is 20.1. The van der Waals surface area contributed by atoms with E-state index in [-0.39, 0.29) is 5.78 Å². The van der Waals surface area contributed by atoms with Gasteiger partial charge in [-0.25, -0.2) is 0 Å². The van der Waals surface area contributed by atoms with Crippen LogP contribution in [0.5, 0.6) is 11.5 Å². The number of ether oxygens (including phenoxy) is 3. The van der Waals surface area contributed by atoms with Gasteiger partial charge in [-0.05, 0) is 19.2 Å². The average molecular weight is 265 g/mol. The van der Waals surface area contributed by atoms with Crippen LogP contribution in [0.25, 0.3) is 0 Å². The van der Waals surface area contributed by atoms with Gasteiger partial charge in [0.05, 0.1) is 26.4 Å². The third-order valence-electron chi connectivity index (χ3n) is 3.24. The highest BCUT2D eigenvalue weighted by atomic mass is 16.5. The van der Waals surface area contributed by atoms with Gasteiger partial charge in [-0.2, -0.15) is 0 Å². The minimum Gasteiger partial charge on any atom is -0.497 e. The van der Waals surface area contributed by atoms with Crippen molar-refractivity contribution in [3.8, 4) is 11.5 Å². The summed E-state index contributed by atoms with van der Waals surface area (Å²) in [7, 11) is 5.10. The van der Waals surface area contributed by atoms with Crippen molar-refractivity contribution in [2.45, 2.75) is 6.10 Å². The lowest BCUT2D eigenvalue weighted by Crippen LogP contribution is -2.44. The van der Waals surface area contributed by atoms with Gasteiger partial charge in [0.2, 0.25) is 0 Å². The van der Waals surface area contributed by atoms with Gasteiger partial charge in [0.25, 0.3) is 0 Å². The Kier molecular flexibility index (Phi) is 4.39. The maximum atomic E-state index is 12.5. The van der Waals surface area contributed by atoms with Crippen LogP contribution in [-0.4, -0.2) is 57.8 Å². The van der Waals surface area contributed by atoms with E-state index in [1.807, 2.05) is 7.05 Å². The third kappa shape index (κ3) is 3.05. The molecular formula is C14H19NO4. The van der Waals surface area contributed by atoms with Crippen molar-refractivity contribution in [3.63, 3.8) is 0 Å². The molecule has 0 radical (unpaired) electrons. The molecule has 5 heteroatoms. The maximum Gasteiger partial charge on any atom is 0.196 e. The zero-order valence-corrected chi connectivity index (χ0v) is 11.5. The molecule has 1 heterocycles. The first-order valence-corrected chi connectivity index (χ1v) is 6.22. The van der Waals surface area contributed by atoms with E-state index in [1.54, 1.807) is 32.4 Å². The van der Waals surface area contributed by atoms with Crippen molar-refractivity contribution in [3.05, 3.63) is 23.8 Å². The molecule has 1 saturated heterocycles. The number of carbonyl (C=O) groups is 1. The standard InChI is InChI=1S/C14H19NO4/c1-15-6-7-19-13(9-15)14(16)11-5-4-10(17-2)8-12(11)18-3/h4-5,8,13H,6-7,9H2,1-3H3. The monoisotopic (exact) mass is 265 g/mol. The van der Waals surface area contributed by atoms with Gasteiger partial charge in [0.15, 0.2) is 5.78 Å². The number of methoxy groups -OCH3 is 2. The number of hydrogen-bond donors (Lipinski definition) is 0. The number of benzene rings is 1. The van der Waals surface area contributed by atoms with Crippen molar-refractivity contribution in [1.29, 1.82) is 0 Å². The molecule has 0 saturated carbocycles. The third-order valence-corrected chi connectivity index (χ3v) is 3.24. The van der Waals surface area contributed by atoms with Crippen molar-refractivity contribution in [1.82, 2.24) is 4.90 Å². The highest BCUT2D eigenvalue weighted by molar-refractivity contribution is 6.02. The molecule has 0 bridgehead atoms. The molecule has 1 aliphatic heterocycles. The summed E-state index contributed by atoms with van der Waals surface area (Å²) in [6, 6.07) is 5.18. The zero-order chi connectivity index (χ0) is 13.8. The molecule has 0 spiro atoms. The lowest BCUT2D eigenvalue weighted by atomic mass is 10.0. The van der Waals surface area contributed by atoms with E-state index in [0.717, 1.165) is 6.54 Å². The lowest BCUT2D eigenvalue weighted by Gasteiger charge is -2.29. The zero-order valence-electron chi connectivity index (χ0n) is 11.5. The minimum absolute atomic E-state index is 0.0500. The fourth-order valence-electron chi connectivity index (χ4n) is 2.11. The number of hydrogen-bond acceptors (Lipinski definition) is 5. The number of Topliss-reactive ketones (excluding diaryl/α,β-unsaturated/α-hetero) is 1. The Balaban J connectivity index is 2.22. The number of rotatable bonds is 4. The van der Waals surface area contributed by atoms with Gasteiger partial charge in [0.1, 0.15) is 17.6 Å². The molecule has 1 aromatic rings. The highest BCUT2D eigenvalue weighted by Crippen LogP contribution is 2.26. The molecule has 1 atom stereocenters. The molecule has 0 aromatic heterocycles. The molecule has 0 aliphatic carbocycles. The Morgan fingerprint density at radius 1 is 1.37 bits per heavy atom. The quantitative estimate of drug-likeness (QED) is 0.766. The summed E-state index contributed by atoms with van der Waals surface area (Å²) in [6.45, 7) is 2.03. The molecule has 0 amide bonds. The summed E-state index contributed by atoms with van der Waals surface area (Å²) in [4.78, 5) is 14.5. The average Bonchev–Trinajstić information content (AvgIpc) is 2.45. The van der Waals surface area contributed by atoms with Gasteiger partial charge in [-0.15, -0.1) is 0 Å². The van der Waals surface area contributed by atoms with Crippen LogP contribution in [0.1, 0.15) is 10.4 Å². The second-order valence-electron chi connectivity index (χ2n) is 4.55. The first-order chi connectivity index (χ1) is 9.15. The molecule has 104 valence electrons. The molecule has 1 aliphatic rings. The molecule has 1 fully saturated rings. The molecule has 1 aromatic carbocycles. The van der Waals surface area contributed by atoms with Crippen molar-refractivity contribution >= 4 is 5.78 Å². The second kappa shape index (κ2) is 6.04. The van der Waals surface area contributed by atoms with Gasteiger partial charge in [-0.3, -0.25) is 4.79 Å². The van der Waals surface area contributed by atoms with Crippen LogP contribution in [-0.2, 0) is 4.74 Å². The summed E-state index contributed by atoms with van der Waals surface area (Å²) in [5, 5.41) is 0. The van der Waals surface area contributed by atoms with Crippen LogP contribution in [0.4, 0.5) is 0 Å². The number of likely N-dealkylation sites (N-methyl/N-ethyl adjacent to an activating group) is 1. The number of ketones is 1. The van der Waals surface area contributed by atoms with Crippen LogP contribution in [0, 0.1) is 0 Å². The van der Waals surface area contributed by atoms with Crippen LogP contribution < -0.4 is 9.47 Å². The summed E-state index contributed by atoms with van der Waals surface area (Å²) in [5.74, 6) is 1.13. The Bertz CT molecular complexity index is 461. The van der Waals surface area contributed by atoms with E-state index in [4.69, 9.17) is 14.2 Å². The van der Waals surface area contributed by atoms with E-state index < -0.39 is 6.10 Å².